The summed E-state index contributed by atoms with van der Waals surface area (Å²) in [6.45, 7) is 4.62. The Labute approximate surface area is 150 Å². The van der Waals surface area contributed by atoms with Gasteiger partial charge in [-0.1, -0.05) is 17.7 Å². The summed E-state index contributed by atoms with van der Waals surface area (Å²) in [6, 6.07) is 13.3. The molecule has 1 heterocycles. The van der Waals surface area contributed by atoms with E-state index in [1.54, 1.807) is 18.0 Å². The summed E-state index contributed by atoms with van der Waals surface area (Å²) in [4.78, 5) is 26.6. The number of nitrogens with one attached hydrogen (secondary N) is 1. The van der Waals surface area contributed by atoms with Crippen LogP contribution in [0.4, 0.5) is 5.69 Å². The summed E-state index contributed by atoms with van der Waals surface area (Å²) in [5.74, 6) is -0.381. The molecule has 0 atom stereocenters. The van der Waals surface area contributed by atoms with E-state index in [-0.39, 0.29) is 16.9 Å². The van der Waals surface area contributed by atoms with Crippen LogP contribution in [0, 0.1) is 6.92 Å². The fourth-order valence-electron chi connectivity index (χ4n) is 2.83. The molecule has 5 heteroatoms. The minimum atomic E-state index is -0.381. The Hall–Kier alpha value is -2.53. The molecule has 4 nitrogen and oxygen atoms in total. The summed E-state index contributed by atoms with van der Waals surface area (Å²) in [7, 11) is 0. The molecule has 1 N–H and O–H groups in total. The molecule has 0 aliphatic carbocycles. The molecule has 0 unspecified atom stereocenters. The van der Waals surface area contributed by atoms with E-state index in [1.807, 2.05) is 67.1 Å². The molecule has 128 valence electrons. The van der Waals surface area contributed by atoms with Crippen LogP contribution in [0.25, 0.3) is 10.9 Å². The van der Waals surface area contributed by atoms with E-state index in [0.29, 0.717) is 17.6 Å². The number of hydrogen-bond acceptors (Lipinski definition) is 3. The largest absolute Gasteiger partial charge is 0.347 e. The Balaban J connectivity index is 2.06. The highest BCUT2D eigenvalue weighted by Gasteiger charge is 2.15. The molecule has 2 aromatic carbocycles. The van der Waals surface area contributed by atoms with E-state index in [1.165, 1.54) is 0 Å². The predicted molar refractivity (Wildman–Crippen MR) is 105 cm³/mol. The van der Waals surface area contributed by atoms with E-state index in [9.17, 15) is 9.59 Å². The first-order valence-corrected chi connectivity index (χ1v) is 9.35. The van der Waals surface area contributed by atoms with Crippen LogP contribution < -0.4 is 10.7 Å². The van der Waals surface area contributed by atoms with Crippen molar-refractivity contribution >= 4 is 34.3 Å². The zero-order chi connectivity index (χ0) is 18.0. The lowest BCUT2D eigenvalue weighted by Gasteiger charge is -2.12. The fourth-order valence-corrected chi connectivity index (χ4v) is 3.29. The lowest BCUT2D eigenvalue weighted by molar-refractivity contribution is 0.102. The van der Waals surface area contributed by atoms with E-state index in [2.05, 4.69) is 5.32 Å². The van der Waals surface area contributed by atoms with Gasteiger partial charge in [0.1, 0.15) is 5.56 Å². The highest BCUT2D eigenvalue weighted by atomic mass is 32.2. The molecule has 1 aromatic heterocycles. The van der Waals surface area contributed by atoms with Gasteiger partial charge in [-0.25, -0.2) is 0 Å². The number of hydrogen-bond donors (Lipinski definition) is 1. The Kier molecular flexibility index (Phi) is 4.95. The zero-order valence-corrected chi connectivity index (χ0v) is 15.3. The third-order valence-electron chi connectivity index (χ3n) is 4.15. The smallest absolute Gasteiger partial charge is 0.261 e. The molecule has 0 saturated heterocycles. The summed E-state index contributed by atoms with van der Waals surface area (Å²) in [6.07, 6.45) is 3.63. The van der Waals surface area contributed by atoms with Crippen molar-refractivity contribution < 1.29 is 4.79 Å². The molecule has 3 rings (SSSR count). The molecule has 0 fully saturated rings. The maximum Gasteiger partial charge on any atom is 0.261 e. The second-order valence-corrected chi connectivity index (χ2v) is 6.74. The quantitative estimate of drug-likeness (QED) is 0.712. The number of anilines is 1. The van der Waals surface area contributed by atoms with Crippen LogP contribution in [0.2, 0.25) is 0 Å². The van der Waals surface area contributed by atoms with E-state index < -0.39 is 0 Å². The molecular weight excluding hydrogens is 332 g/mol. The third-order valence-corrected chi connectivity index (χ3v) is 4.87. The fraction of sp³-hybridized carbons (Fsp3) is 0.200. The van der Waals surface area contributed by atoms with Crippen LogP contribution in [0.5, 0.6) is 0 Å². The van der Waals surface area contributed by atoms with Crippen LogP contribution in [-0.4, -0.2) is 16.7 Å². The average Bonchev–Trinajstić information content (AvgIpc) is 2.62. The molecule has 0 aliphatic rings. The first-order chi connectivity index (χ1) is 12.0. The van der Waals surface area contributed by atoms with Crippen molar-refractivity contribution in [1.82, 2.24) is 4.57 Å². The van der Waals surface area contributed by atoms with Gasteiger partial charge in [0.15, 0.2) is 0 Å². The monoisotopic (exact) mass is 352 g/mol. The Morgan fingerprint density at radius 2 is 2.00 bits per heavy atom. The van der Waals surface area contributed by atoms with Crippen molar-refractivity contribution in [1.29, 1.82) is 0 Å². The highest BCUT2D eigenvalue weighted by molar-refractivity contribution is 7.98. The number of rotatable bonds is 4. The van der Waals surface area contributed by atoms with Gasteiger partial charge in [-0.3, -0.25) is 9.59 Å². The van der Waals surface area contributed by atoms with Crippen LogP contribution in [-0.2, 0) is 6.54 Å². The number of aromatic nitrogens is 1. The lowest BCUT2D eigenvalue weighted by atomic mass is 10.1. The normalized spacial score (nSPS) is 10.8. The van der Waals surface area contributed by atoms with Gasteiger partial charge in [0.05, 0.1) is 5.52 Å². The van der Waals surface area contributed by atoms with Gasteiger partial charge in [-0.05, 0) is 50.4 Å². The molecule has 25 heavy (non-hydrogen) atoms. The van der Waals surface area contributed by atoms with E-state index in [4.69, 9.17) is 0 Å². The summed E-state index contributed by atoms with van der Waals surface area (Å²) >= 11 is 1.60. The molecule has 0 spiro atoms. The van der Waals surface area contributed by atoms with Gasteiger partial charge >= 0.3 is 0 Å². The second-order valence-electron chi connectivity index (χ2n) is 5.86. The Bertz CT molecular complexity index is 1010. The SMILES string of the molecule is CCn1cc(C(=O)Nc2cccc(SC)c2)c(=O)c2cc(C)ccc21. The van der Waals surface area contributed by atoms with Gasteiger partial charge in [0.2, 0.25) is 5.43 Å². The maximum absolute atomic E-state index is 12.8. The Morgan fingerprint density at radius 3 is 2.72 bits per heavy atom. The second kappa shape index (κ2) is 7.15. The summed E-state index contributed by atoms with van der Waals surface area (Å²) in [5, 5.41) is 3.42. The van der Waals surface area contributed by atoms with E-state index in [0.717, 1.165) is 16.0 Å². The van der Waals surface area contributed by atoms with Crippen molar-refractivity contribution in [3.63, 3.8) is 0 Å². The number of carbonyl (C=O) groups excluding carboxylic acids is 1. The molecule has 0 saturated carbocycles. The molecular formula is C20H20N2O2S. The maximum atomic E-state index is 12.8. The standard InChI is InChI=1S/C20H20N2O2S/c1-4-22-12-17(19(23)16-10-13(2)8-9-18(16)22)20(24)21-14-6-5-7-15(11-14)25-3/h5-12H,4H2,1-3H3,(H,21,24). The molecule has 0 aliphatic heterocycles. The van der Waals surface area contributed by atoms with E-state index >= 15 is 0 Å². The minimum absolute atomic E-state index is 0.162. The predicted octanol–water partition coefficient (Wildman–Crippen LogP) is 4.30. The number of fused-ring (bicyclic) bond motifs is 1. The zero-order valence-electron chi connectivity index (χ0n) is 14.5. The number of carbonyl (C=O) groups is 1. The average molecular weight is 352 g/mol. The Morgan fingerprint density at radius 1 is 1.20 bits per heavy atom. The lowest BCUT2D eigenvalue weighted by Crippen LogP contribution is -2.24. The number of nitrogens with zero attached hydrogens (tertiary/aromatic N) is 1. The number of pyridine rings is 1. The number of aryl methyl sites for hydroxylation is 2. The first kappa shape index (κ1) is 17.3. The van der Waals surface area contributed by atoms with Crippen molar-refractivity contribution in [2.45, 2.75) is 25.3 Å². The number of benzene rings is 2. The first-order valence-electron chi connectivity index (χ1n) is 8.12. The van der Waals surface area contributed by atoms with Crippen molar-refractivity contribution in [2.24, 2.45) is 0 Å². The number of thioether (sulfide) groups is 1. The van der Waals surface area contributed by atoms with Crippen molar-refractivity contribution in [2.75, 3.05) is 11.6 Å². The van der Waals surface area contributed by atoms with Gasteiger partial charge in [-0.15, -0.1) is 11.8 Å². The highest BCUT2D eigenvalue weighted by Crippen LogP contribution is 2.20. The summed E-state index contributed by atoms with van der Waals surface area (Å²) < 4.78 is 1.93. The topological polar surface area (TPSA) is 51.1 Å². The minimum Gasteiger partial charge on any atom is -0.347 e. The molecule has 0 bridgehead atoms. The van der Waals surface area contributed by atoms with Gasteiger partial charge < -0.3 is 9.88 Å². The third kappa shape index (κ3) is 3.46. The molecule has 0 radical (unpaired) electrons. The number of amides is 1. The van der Waals surface area contributed by atoms with Crippen LogP contribution in [0.1, 0.15) is 22.8 Å². The molecule has 1 amide bonds. The van der Waals surface area contributed by atoms with Gasteiger partial charge in [-0.2, -0.15) is 0 Å². The van der Waals surface area contributed by atoms with Crippen molar-refractivity contribution in [3.05, 3.63) is 70.0 Å². The van der Waals surface area contributed by atoms with Crippen LogP contribution in [0.3, 0.4) is 0 Å². The summed E-state index contributed by atoms with van der Waals surface area (Å²) in [5.41, 5.74) is 2.46. The van der Waals surface area contributed by atoms with Crippen LogP contribution >= 0.6 is 11.8 Å². The van der Waals surface area contributed by atoms with Gasteiger partial charge in [0, 0.05) is 28.7 Å². The van der Waals surface area contributed by atoms with Crippen molar-refractivity contribution in [3.8, 4) is 0 Å². The van der Waals surface area contributed by atoms with Gasteiger partial charge in [0.25, 0.3) is 5.91 Å². The van der Waals surface area contributed by atoms with Crippen LogP contribution in [0.15, 0.2) is 58.4 Å². The molecule has 3 aromatic rings.